The lowest BCUT2D eigenvalue weighted by Crippen LogP contribution is -2.40. The number of amides is 1. The molecule has 1 aromatic heterocycles. The maximum absolute atomic E-state index is 13.7. The van der Waals surface area contributed by atoms with Gasteiger partial charge < -0.3 is 14.6 Å². The van der Waals surface area contributed by atoms with Crippen molar-refractivity contribution in [2.75, 3.05) is 29.5 Å². The van der Waals surface area contributed by atoms with Crippen LogP contribution in [-0.4, -0.2) is 38.9 Å². The van der Waals surface area contributed by atoms with Crippen molar-refractivity contribution in [3.8, 4) is 0 Å². The van der Waals surface area contributed by atoms with Gasteiger partial charge in [0.25, 0.3) is 0 Å². The Bertz CT molecular complexity index is 1340. The molecular weight excluding hydrogens is 460 g/mol. The molecule has 35 heavy (non-hydrogen) atoms. The molecule has 7 heteroatoms. The van der Waals surface area contributed by atoms with Crippen LogP contribution < -0.4 is 10.2 Å². The maximum Gasteiger partial charge on any atom is 0.231 e. The zero-order valence-electron chi connectivity index (χ0n) is 20.5. The predicted molar refractivity (Wildman–Crippen MR) is 138 cm³/mol. The van der Waals surface area contributed by atoms with Crippen molar-refractivity contribution in [2.24, 2.45) is 0 Å². The van der Waals surface area contributed by atoms with E-state index in [1.807, 2.05) is 43.3 Å². The van der Waals surface area contributed by atoms with Crippen LogP contribution in [0.25, 0.3) is 0 Å². The maximum atomic E-state index is 13.7. The van der Waals surface area contributed by atoms with Crippen LogP contribution in [0.3, 0.4) is 0 Å². The van der Waals surface area contributed by atoms with Gasteiger partial charge in [-0.05, 0) is 74.6 Å². The molecule has 3 aromatic rings. The summed E-state index contributed by atoms with van der Waals surface area (Å²) in [5.41, 5.74) is 4.78. The van der Waals surface area contributed by atoms with E-state index in [1.54, 1.807) is 0 Å². The normalized spacial score (nSPS) is 19.2. The van der Waals surface area contributed by atoms with Crippen molar-refractivity contribution in [3.05, 3.63) is 88.4 Å². The first-order valence-electron chi connectivity index (χ1n) is 12.2. The number of aryl methyl sites for hydroxylation is 3. The predicted octanol–water partition coefficient (Wildman–Crippen LogP) is 4.38. The number of benzene rings is 2. The molecule has 2 fully saturated rings. The van der Waals surface area contributed by atoms with Crippen LogP contribution in [0.5, 0.6) is 0 Å². The number of sulfone groups is 1. The summed E-state index contributed by atoms with van der Waals surface area (Å²) in [5.74, 6) is 1.92. The molecule has 2 aliphatic rings. The topological polar surface area (TPSA) is 79.6 Å². The van der Waals surface area contributed by atoms with Crippen molar-refractivity contribution in [2.45, 2.75) is 45.1 Å². The number of rotatable bonds is 6. The van der Waals surface area contributed by atoms with Crippen LogP contribution in [0.4, 0.5) is 5.69 Å². The molecule has 2 aromatic carbocycles. The van der Waals surface area contributed by atoms with E-state index in [0.717, 1.165) is 46.7 Å². The highest BCUT2D eigenvalue weighted by Gasteiger charge is 2.52. The summed E-state index contributed by atoms with van der Waals surface area (Å²) < 4.78 is 29.5. The Hall–Kier alpha value is -3.06. The summed E-state index contributed by atoms with van der Waals surface area (Å²) in [4.78, 5) is 15.8. The average Bonchev–Trinajstić information content (AvgIpc) is 3.53. The highest BCUT2D eigenvalue weighted by atomic mass is 32.2. The Morgan fingerprint density at radius 2 is 1.66 bits per heavy atom. The van der Waals surface area contributed by atoms with Gasteiger partial charge in [0.15, 0.2) is 9.84 Å². The first-order chi connectivity index (χ1) is 16.7. The third-order valence-electron chi connectivity index (χ3n) is 7.37. The molecule has 0 spiro atoms. The van der Waals surface area contributed by atoms with Crippen LogP contribution in [0, 0.1) is 20.8 Å². The minimum atomic E-state index is -2.92. The summed E-state index contributed by atoms with van der Waals surface area (Å²) in [7, 11) is -2.92. The lowest BCUT2D eigenvalue weighted by atomic mass is 9.92. The van der Waals surface area contributed by atoms with E-state index in [0.29, 0.717) is 13.1 Å². The third kappa shape index (κ3) is 4.74. The van der Waals surface area contributed by atoms with Gasteiger partial charge in [-0.3, -0.25) is 4.79 Å². The van der Waals surface area contributed by atoms with Crippen LogP contribution >= 0.6 is 0 Å². The second-order valence-electron chi connectivity index (χ2n) is 9.98. The zero-order chi connectivity index (χ0) is 24.8. The van der Waals surface area contributed by atoms with Gasteiger partial charge in [-0.2, -0.15) is 0 Å². The monoisotopic (exact) mass is 492 g/mol. The number of carbonyl (C=O) groups is 1. The van der Waals surface area contributed by atoms with Gasteiger partial charge in [-0.25, -0.2) is 8.42 Å². The minimum absolute atomic E-state index is 0.00773. The van der Waals surface area contributed by atoms with E-state index >= 15 is 0 Å². The van der Waals surface area contributed by atoms with Gasteiger partial charge in [-0.15, -0.1) is 0 Å². The van der Waals surface area contributed by atoms with Crippen LogP contribution in [-0.2, 0) is 20.0 Å². The van der Waals surface area contributed by atoms with Crippen molar-refractivity contribution in [1.29, 1.82) is 0 Å². The minimum Gasteiger partial charge on any atom is -0.464 e. The van der Waals surface area contributed by atoms with Crippen LogP contribution in [0.2, 0.25) is 0 Å². The molecule has 5 rings (SSSR count). The zero-order valence-corrected chi connectivity index (χ0v) is 21.3. The number of hydrogen-bond acceptors (Lipinski definition) is 5. The number of hydrogen-bond donors (Lipinski definition) is 1. The molecule has 6 nitrogen and oxygen atoms in total. The molecule has 0 radical (unpaired) electrons. The summed E-state index contributed by atoms with van der Waals surface area (Å²) in [5, 5.41) is 3.30. The van der Waals surface area contributed by atoms with E-state index in [-0.39, 0.29) is 23.5 Å². The Kier molecular flexibility index (Phi) is 5.99. The summed E-state index contributed by atoms with van der Waals surface area (Å²) >= 11 is 0. The first kappa shape index (κ1) is 23.7. The quantitative estimate of drug-likeness (QED) is 0.553. The van der Waals surface area contributed by atoms with Crippen molar-refractivity contribution in [1.82, 2.24) is 5.32 Å². The number of carbonyl (C=O) groups excluding carboxylic acids is 1. The SMILES string of the molecule is Cc1ccc(C(NC(=O)C2(c3ccc(N4CCS(=O)(=O)CC4)cc3)CC2)c2ccc(C)o2)c(C)c1. The van der Waals surface area contributed by atoms with Gasteiger partial charge in [0.05, 0.1) is 16.9 Å². The van der Waals surface area contributed by atoms with Crippen LogP contribution in [0.15, 0.2) is 59.0 Å². The number of furan rings is 1. The molecule has 1 N–H and O–H groups in total. The second kappa shape index (κ2) is 8.86. The molecule has 1 saturated carbocycles. The van der Waals surface area contributed by atoms with E-state index in [4.69, 9.17) is 4.42 Å². The average molecular weight is 493 g/mol. The van der Waals surface area contributed by atoms with Crippen molar-refractivity contribution >= 4 is 21.4 Å². The molecule has 1 atom stereocenters. The van der Waals surface area contributed by atoms with Gasteiger partial charge in [0, 0.05) is 18.8 Å². The fourth-order valence-electron chi connectivity index (χ4n) is 5.06. The Labute approximate surface area is 207 Å². The van der Waals surface area contributed by atoms with Gasteiger partial charge >= 0.3 is 0 Å². The van der Waals surface area contributed by atoms with Crippen molar-refractivity contribution < 1.29 is 17.6 Å². The largest absolute Gasteiger partial charge is 0.464 e. The summed E-state index contributed by atoms with van der Waals surface area (Å²) in [6.07, 6.45) is 1.61. The summed E-state index contributed by atoms with van der Waals surface area (Å²) in [6.45, 7) is 7.05. The fourth-order valence-corrected chi connectivity index (χ4v) is 6.26. The Morgan fingerprint density at radius 3 is 2.23 bits per heavy atom. The first-order valence-corrected chi connectivity index (χ1v) is 14.0. The van der Waals surface area contributed by atoms with Gasteiger partial charge in [0.2, 0.25) is 5.91 Å². The molecule has 1 aliphatic heterocycles. The molecular formula is C28H32N2O4S. The summed E-state index contributed by atoms with van der Waals surface area (Å²) in [6, 6.07) is 17.8. The van der Waals surface area contributed by atoms with E-state index in [9.17, 15) is 13.2 Å². The number of anilines is 1. The molecule has 0 bridgehead atoms. The Balaban J connectivity index is 1.37. The molecule has 184 valence electrons. The van der Waals surface area contributed by atoms with Gasteiger partial charge in [0.1, 0.15) is 17.6 Å². The Morgan fingerprint density at radius 1 is 0.971 bits per heavy atom. The molecule has 1 unspecified atom stereocenters. The van der Waals surface area contributed by atoms with E-state index < -0.39 is 15.3 Å². The highest BCUT2D eigenvalue weighted by molar-refractivity contribution is 7.91. The molecule has 2 heterocycles. The molecule has 1 amide bonds. The van der Waals surface area contributed by atoms with Crippen LogP contribution in [0.1, 0.15) is 52.7 Å². The van der Waals surface area contributed by atoms with Gasteiger partial charge in [-0.1, -0.05) is 35.9 Å². The smallest absolute Gasteiger partial charge is 0.231 e. The lowest BCUT2D eigenvalue weighted by Gasteiger charge is -2.29. The fraction of sp³-hybridized carbons (Fsp3) is 0.393. The van der Waals surface area contributed by atoms with E-state index in [1.165, 1.54) is 5.56 Å². The standard InChI is InChI=1S/C28H32N2O4S/c1-19-4-10-24(20(2)18-19)26(25-11-5-21(3)34-25)29-27(31)28(12-13-28)22-6-8-23(9-7-22)30-14-16-35(32,33)17-15-30/h4-11,18,26H,12-17H2,1-3H3,(H,29,31). The lowest BCUT2D eigenvalue weighted by molar-refractivity contribution is -0.124. The molecule has 1 saturated heterocycles. The van der Waals surface area contributed by atoms with Crippen molar-refractivity contribution in [3.63, 3.8) is 0 Å². The third-order valence-corrected chi connectivity index (χ3v) is 8.98. The van der Waals surface area contributed by atoms with E-state index in [2.05, 4.69) is 42.3 Å². The highest BCUT2D eigenvalue weighted by Crippen LogP contribution is 2.49. The molecule has 1 aliphatic carbocycles. The number of nitrogens with one attached hydrogen (secondary N) is 1. The number of nitrogens with zero attached hydrogens (tertiary/aromatic N) is 1. The second-order valence-corrected chi connectivity index (χ2v) is 12.3.